The number of carbonyl (C=O) groups is 1. The fourth-order valence-electron chi connectivity index (χ4n) is 3.91. The predicted molar refractivity (Wildman–Crippen MR) is 107 cm³/mol. The normalized spacial score (nSPS) is 18.0. The molecule has 8 heteroatoms. The number of hydrogen-bond acceptors (Lipinski definition) is 4. The van der Waals surface area contributed by atoms with E-state index in [-0.39, 0.29) is 18.1 Å². The number of halogens is 1. The first-order valence-electron chi connectivity index (χ1n) is 8.79. The molecule has 7 nitrogen and oxygen atoms in total. The third-order valence-corrected chi connectivity index (χ3v) is 5.11. The van der Waals surface area contributed by atoms with Crippen molar-refractivity contribution in [3.05, 3.63) is 63.7 Å². The van der Waals surface area contributed by atoms with Crippen molar-refractivity contribution in [1.82, 2.24) is 4.90 Å². The van der Waals surface area contributed by atoms with E-state index in [0.717, 1.165) is 31.6 Å². The number of nitro groups is 1. The molecule has 0 saturated carbocycles. The summed E-state index contributed by atoms with van der Waals surface area (Å²) in [5.74, 6) is 0. The van der Waals surface area contributed by atoms with Crippen molar-refractivity contribution < 1.29 is 9.72 Å². The topological polar surface area (TPSA) is 87.5 Å². The van der Waals surface area contributed by atoms with Gasteiger partial charge in [-0.2, -0.15) is 0 Å². The number of benzene rings is 2. The number of non-ortho nitro benzene ring substituents is 1. The zero-order valence-electron chi connectivity index (χ0n) is 14.7. The predicted octanol–water partition coefficient (Wildman–Crippen LogP) is 4.35. The van der Waals surface area contributed by atoms with E-state index in [1.54, 1.807) is 12.1 Å². The molecule has 2 aromatic carbocycles. The molecule has 27 heavy (non-hydrogen) atoms. The maximum absolute atomic E-state index is 12.3. The van der Waals surface area contributed by atoms with E-state index in [1.807, 2.05) is 6.07 Å². The van der Waals surface area contributed by atoms with Gasteiger partial charge in [-0.3, -0.25) is 15.0 Å². The quantitative estimate of drug-likeness (QED) is 0.604. The van der Waals surface area contributed by atoms with Gasteiger partial charge in [-0.25, -0.2) is 4.79 Å². The van der Waals surface area contributed by atoms with Gasteiger partial charge >= 0.3 is 6.03 Å². The Kier molecular flexibility index (Phi) is 5.62. The summed E-state index contributed by atoms with van der Waals surface area (Å²) in [4.78, 5) is 25.1. The van der Waals surface area contributed by atoms with Crippen molar-refractivity contribution in [2.75, 3.05) is 23.7 Å². The van der Waals surface area contributed by atoms with Gasteiger partial charge in [0.25, 0.3) is 5.69 Å². The van der Waals surface area contributed by atoms with Crippen LogP contribution in [0.1, 0.15) is 30.0 Å². The molecule has 4 rings (SSSR count). The second-order valence-corrected chi connectivity index (χ2v) is 6.74. The number of nitrogens with zero attached hydrogens (tertiary/aromatic N) is 2. The molecule has 2 aromatic rings. The van der Waals surface area contributed by atoms with Gasteiger partial charge < -0.3 is 10.6 Å². The van der Waals surface area contributed by atoms with Crippen LogP contribution in [0.3, 0.4) is 0 Å². The molecule has 2 heterocycles. The van der Waals surface area contributed by atoms with Crippen molar-refractivity contribution in [2.45, 2.75) is 25.3 Å². The maximum Gasteiger partial charge on any atom is 0.323 e. The standard InChI is InChI=1S/C19H20N4O3.ClH/c24-19(20-14-3-1-4-16(11-14)23(25)26)21-15-7-6-13-8-10-22-9-2-5-18(22)17(13)12-15;/h1,3-4,6-7,11-12,18H,2,5,8-10H2,(H2,20,21,24);1H. The summed E-state index contributed by atoms with van der Waals surface area (Å²) in [6, 6.07) is 12.0. The Balaban J connectivity index is 0.00000210. The highest BCUT2D eigenvalue weighted by atomic mass is 35.5. The molecular formula is C19H21ClN4O3. The highest BCUT2D eigenvalue weighted by molar-refractivity contribution is 6.00. The van der Waals surface area contributed by atoms with Gasteiger partial charge in [0.1, 0.15) is 0 Å². The summed E-state index contributed by atoms with van der Waals surface area (Å²) in [6.07, 6.45) is 3.43. The fraction of sp³-hybridized carbons (Fsp3) is 0.316. The van der Waals surface area contributed by atoms with E-state index >= 15 is 0 Å². The Bertz CT molecular complexity index is 874. The molecule has 1 fully saturated rings. The molecule has 142 valence electrons. The largest absolute Gasteiger partial charge is 0.323 e. The molecule has 0 bridgehead atoms. The van der Waals surface area contributed by atoms with E-state index in [2.05, 4.69) is 27.7 Å². The van der Waals surface area contributed by atoms with E-state index in [1.165, 1.54) is 29.7 Å². The molecule has 2 aliphatic rings. The minimum atomic E-state index is -0.486. The molecule has 0 radical (unpaired) electrons. The van der Waals surface area contributed by atoms with Gasteiger partial charge in [-0.1, -0.05) is 12.1 Å². The van der Waals surface area contributed by atoms with Gasteiger partial charge in [0.2, 0.25) is 0 Å². The van der Waals surface area contributed by atoms with E-state index < -0.39 is 11.0 Å². The van der Waals surface area contributed by atoms with Crippen LogP contribution in [0.25, 0.3) is 0 Å². The molecule has 1 unspecified atom stereocenters. The highest BCUT2D eigenvalue weighted by Crippen LogP contribution is 2.38. The van der Waals surface area contributed by atoms with Gasteiger partial charge in [0.05, 0.1) is 4.92 Å². The first-order chi connectivity index (χ1) is 12.6. The van der Waals surface area contributed by atoms with Gasteiger partial charge in [-0.15, -0.1) is 12.4 Å². The molecule has 0 aromatic heterocycles. The zero-order chi connectivity index (χ0) is 18.1. The summed E-state index contributed by atoms with van der Waals surface area (Å²) in [5.41, 5.74) is 3.73. The van der Waals surface area contributed by atoms with Crippen molar-refractivity contribution in [2.24, 2.45) is 0 Å². The van der Waals surface area contributed by atoms with Crippen LogP contribution in [0.15, 0.2) is 42.5 Å². The van der Waals surface area contributed by atoms with Crippen molar-refractivity contribution >= 4 is 35.5 Å². The number of carbonyl (C=O) groups excluding carboxylic acids is 1. The van der Waals surface area contributed by atoms with Crippen LogP contribution in [0, 0.1) is 10.1 Å². The van der Waals surface area contributed by atoms with E-state index in [0.29, 0.717) is 11.7 Å². The molecule has 0 aliphatic carbocycles. The second kappa shape index (κ2) is 7.94. The summed E-state index contributed by atoms with van der Waals surface area (Å²) < 4.78 is 0. The molecule has 1 saturated heterocycles. The third kappa shape index (κ3) is 4.04. The lowest BCUT2D eigenvalue weighted by Crippen LogP contribution is -2.31. The smallest absolute Gasteiger partial charge is 0.308 e. The van der Waals surface area contributed by atoms with Gasteiger partial charge in [0.15, 0.2) is 0 Å². The van der Waals surface area contributed by atoms with Gasteiger partial charge in [-0.05, 0) is 55.1 Å². The van der Waals surface area contributed by atoms with Crippen LogP contribution in [0.4, 0.5) is 21.9 Å². The van der Waals surface area contributed by atoms with Crippen LogP contribution in [-0.2, 0) is 6.42 Å². The highest BCUT2D eigenvalue weighted by Gasteiger charge is 2.31. The average molecular weight is 389 g/mol. The lowest BCUT2D eigenvalue weighted by Gasteiger charge is -2.32. The first kappa shape index (κ1) is 19.1. The third-order valence-electron chi connectivity index (χ3n) is 5.11. The fourth-order valence-corrected chi connectivity index (χ4v) is 3.91. The number of rotatable bonds is 3. The maximum atomic E-state index is 12.3. The lowest BCUT2D eigenvalue weighted by molar-refractivity contribution is -0.384. The SMILES string of the molecule is Cl.O=C(Nc1cccc([N+](=O)[O-])c1)Nc1ccc2c(c1)C1CCCN1CC2. The van der Waals surface area contributed by atoms with Crippen molar-refractivity contribution in [1.29, 1.82) is 0 Å². The van der Waals surface area contributed by atoms with E-state index in [4.69, 9.17) is 0 Å². The van der Waals surface area contributed by atoms with E-state index in [9.17, 15) is 14.9 Å². The van der Waals surface area contributed by atoms with Gasteiger partial charge in [0, 0.05) is 36.1 Å². The number of hydrogen-bond donors (Lipinski definition) is 2. The zero-order valence-corrected chi connectivity index (χ0v) is 15.5. The number of amides is 2. The number of nitro benzene ring substituents is 1. The summed E-state index contributed by atoms with van der Waals surface area (Å²) in [5, 5.41) is 16.3. The molecule has 2 N–H and O–H groups in total. The number of nitrogens with one attached hydrogen (secondary N) is 2. The second-order valence-electron chi connectivity index (χ2n) is 6.74. The Morgan fingerprint density at radius 1 is 1.11 bits per heavy atom. The van der Waals surface area contributed by atoms with Crippen molar-refractivity contribution in [3.63, 3.8) is 0 Å². The minimum absolute atomic E-state index is 0. The summed E-state index contributed by atoms with van der Waals surface area (Å²) >= 11 is 0. The number of anilines is 2. The Labute approximate surface area is 163 Å². The Hall–Kier alpha value is -2.64. The first-order valence-corrected chi connectivity index (χ1v) is 8.79. The van der Waals surface area contributed by atoms with Crippen LogP contribution >= 0.6 is 12.4 Å². The van der Waals surface area contributed by atoms with Crippen molar-refractivity contribution in [3.8, 4) is 0 Å². The lowest BCUT2D eigenvalue weighted by atomic mass is 9.92. The van der Waals surface area contributed by atoms with Crippen LogP contribution < -0.4 is 10.6 Å². The minimum Gasteiger partial charge on any atom is -0.308 e. The number of urea groups is 1. The molecule has 2 aliphatic heterocycles. The van der Waals surface area contributed by atoms with Crippen LogP contribution in [0.2, 0.25) is 0 Å². The van der Waals surface area contributed by atoms with Crippen LogP contribution in [-0.4, -0.2) is 28.9 Å². The Morgan fingerprint density at radius 3 is 2.67 bits per heavy atom. The average Bonchev–Trinajstić information content (AvgIpc) is 3.11. The number of fused-ring (bicyclic) bond motifs is 3. The molecule has 1 atom stereocenters. The Morgan fingerprint density at radius 2 is 1.89 bits per heavy atom. The monoisotopic (exact) mass is 388 g/mol. The molecule has 0 spiro atoms. The summed E-state index contributed by atoms with van der Waals surface area (Å²) in [6.45, 7) is 2.26. The van der Waals surface area contributed by atoms with Crippen LogP contribution in [0.5, 0.6) is 0 Å². The molecule has 2 amide bonds. The molecular weight excluding hydrogens is 368 g/mol. The summed E-state index contributed by atoms with van der Waals surface area (Å²) in [7, 11) is 0.